The molecule has 138 valence electrons. The van der Waals surface area contributed by atoms with Crippen molar-refractivity contribution < 1.29 is 9.53 Å². The monoisotopic (exact) mass is 355 g/mol. The molecular formula is C19H25N5O2. The van der Waals surface area contributed by atoms with Crippen LogP contribution in [0.2, 0.25) is 0 Å². The molecule has 1 atom stereocenters. The number of rotatable bonds is 4. The minimum atomic E-state index is -0.0874. The van der Waals surface area contributed by atoms with Crippen LogP contribution in [-0.4, -0.2) is 63.4 Å². The van der Waals surface area contributed by atoms with Crippen molar-refractivity contribution in [2.75, 3.05) is 26.7 Å². The molecule has 0 bridgehead atoms. The Morgan fingerprint density at radius 2 is 2.08 bits per heavy atom. The SMILES string of the molecule is COc1ccc(-c2nc3c([nH]2)CN([C@@H](C)C(=O)N2CCCC2)CC3)cn1. The van der Waals surface area contributed by atoms with Gasteiger partial charge in [-0.2, -0.15) is 0 Å². The minimum Gasteiger partial charge on any atom is -0.481 e. The maximum absolute atomic E-state index is 12.7. The van der Waals surface area contributed by atoms with Gasteiger partial charge in [0.1, 0.15) is 5.82 Å². The molecule has 7 heteroatoms. The van der Waals surface area contributed by atoms with Crippen molar-refractivity contribution in [3.63, 3.8) is 0 Å². The van der Waals surface area contributed by atoms with Gasteiger partial charge in [-0.05, 0) is 25.8 Å². The van der Waals surface area contributed by atoms with E-state index < -0.39 is 0 Å². The number of amides is 1. The van der Waals surface area contributed by atoms with Crippen molar-refractivity contribution in [1.29, 1.82) is 0 Å². The molecule has 2 aromatic heterocycles. The van der Waals surface area contributed by atoms with Crippen LogP contribution in [0.1, 0.15) is 31.2 Å². The molecule has 26 heavy (non-hydrogen) atoms. The first-order chi connectivity index (χ1) is 12.7. The Bertz CT molecular complexity index is 780. The Labute approximate surface area is 153 Å². The third-order valence-corrected chi connectivity index (χ3v) is 5.40. The summed E-state index contributed by atoms with van der Waals surface area (Å²) in [7, 11) is 1.60. The Balaban J connectivity index is 1.48. The summed E-state index contributed by atoms with van der Waals surface area (Å²) in [4.78, 5) is 29.3. The summed E-state index contributed by atoms with van der Waals surface area (Å²) in [6, 6.07) is 3.70. The van der Waals surface area contributed by atoms with E-state index in [1.54, 1.807) is 13.3 Å². The maximum Gasteiger partial charge on any atom is 0.239 e. The number of nitrogens with zero attached hydrogens (tertiary/aromatic N) is 4. The van der Waals surface area contributed by atoms with Crippen molar-refractivity contribution in [2.45, 2.75) is 38.8 Å². The van der Waals surface area contributed by atoms with E-state index in [0.717, 1.165) is 68.2 Å². The third kappa shape index (κ3) is 3.19. The molecule has 7 nitrogen and oxygen atoms in total. The van der Waals surface area contributed by atoms with Gasteiger partial charge in [0.15, 0.2) is 0 Å². The Morgan fingerprint density at radius 1 is 1.27 bits per heavy atom. The molecular weight excluding hydrogens is 330 g/mol. The van der Waals surface area contributed by atoms with E-state index in [2.05, 4.69) is 14.9 Å². The molecule has 0 saturated carbocycles. The second-order valence-corrected chi connectivity index (χ2v) is 7.03. The lowest BCUT2D eigenvalue weighted by Crippen LogP contribution is -2.47. The lowest BCUT2D eigenvalue weighted by molar-refractivity contribution is -0.135. The van der Waals surface area contributed by atoms with Crippen LogP contribution in [-0.2, 0) is 17.8 Å². The highest BCUT2D eigenvalue weighted by atomic mass is 16.5. The van der Waals surface area contributed by atoms with Gasteiger partial charge in [0.05, 0.1) is 24.5 Å². The van der Waals surface area contributed by atoms with E-state index in [9.17, 15) is 4.79 Å². The molecule has 0 unspecified atom stereocenters. The molecule has 1 N–H and O–H groups in total. The van der Waals surface area contributed by atoms with Crippen LogP contribution >= 0.6 is 0 Å². The van der Waals surface area contributed by atoms with E-state index >= 15 is 0 Å². The molecule has 4 rings (SSSR count). The van der Waals surface area contributed by atoms with E-state index in [1.807, 2.05) is 24.0 Å². The van der Waals surface area contributed by atoms with Gasteiger partial charge in [0.25, 0.3) is 0 Å². The first-order valence-corrected chi connectivity index (χ1v) is 9.26. The number of carbonyl (C=O) groups excluding carboxylic acids is 1. The fraction of sp³-hybridized carbons (Fsp3) is 0.526. The van der Waals surface area contributed by atoms with Crippen LogP contribution in [0.5, 0.6) is 5.88 Å². The number of pyridine rings is 1. The fourth-order valence-corrected chi connectivity index (χ4v) is 3.78. The van der Waals surface area contributed by atoms with Gasteiger partial charge in [-0.25, -0.2) is 9.97 Å². The molecule has 1 amide bonds. The van der Waals surface area contributed by atoms with Gasteiger partial charge >= 0.3 is 0 Å². The summed E-state index contributed by atoms with van der Waals surface area (Å²) in [6.45, 7) is 5.42. The van der Waals surface area contributed by atoms with Crippen molar-refractivity contribution >= 4 is 5.91 Å². The zero-order valence-corrected chi connectivity index (χ0v) is 15.4. The molecule has 0 aromatic carbocycles. The molecule has 2 aliphatic heterocycles. The lowest BCUT2D eigenvalue weighted by atomic mass is 10.1. The average molecular weight is 355 g/mol. The highest BCUT2D eigenvalue weighted by Gasteiger charge is 2.31. The number of carbonyl (C=O) groups is 1. The summed E-state index contributed by atoms with van der Waals surface area (Å²) < 4.78 is 5.11. The quantitative estimate of drug-likeness (QED) is 0.906. The van der Waals surface area contributed by atoms with Gasteiger partial charge in [0, 0.05) is 50.4 Å². The Kier molecular flexibility index (Phi) is 4.63. The summed E-state index contributed by atoms with van der Waals surface area (Å²) in [5, 5.41) is 0. The standard InChI is InChI=1S/C19H25N5O2/c1-13(19(25)23-8-3-4-9-23)24-10-7-15-16(12-24)22-18(21-15)14-5-6-17(26-2)20-11-14/h5-6,11,13H,3-4,7-10,12H2,1-2H3,(H,21,22)/t13-/m0/s1. The first kappa shape index (κ1) is 17.0. The van der Waals surface area contributed by atoms with Crippen LogP contribution in [0.15, 0.2) is 18.3 Å². The number of hydrogen-bond donors (Lipinski definition) is 1. The van der Waals surface area contributed by atoms with Gasteiger partial charge in [-0.3, -0.25) is 9.69 Å². The Hall–Kier alpha value is -2.41. The summed E-state index contributed by atoms with van der Waals surface area (Å²) >= 11 is 0. The second kappa shape index (κ2) is 7.07. The molecule has 2 aliphatic rings. The number of aromatic amines is 1. The number of ether oxygens (including phenoxy) is 1. The maximum atomic E-state index is 12.7. The van der Waals surface area contributed by atoms with Crippen molar-refractivity contribution in [3.05, 3.63) is 29.7 Å². The largest absolute Gasteiger partial charge is 0.481 e. The van der Waals surface area contributed by atoms with Gasteiger partial charge in [0.2, 0.25) is 11.8 Å². The zero-order chi connectivity index (χ0) is 18.1. The molecule has 1 fully saturated rings. The molecule has 0 spiro atoms. The van der Waals surface area contributed by atoms with Gasteiger partial charge < -0.3 is 14.6 Å². The van der Waals surface area contributed by atoms with Gasteiger partial charge in [-0.1, -0.05) is 0 Å². The van der Waals surface area contributed by atoms with Crippen LogP contribution in [0.3, 0.4) is 0 Å². The van der Waals surface area contributed by atoms with Crippen molar-refractivity contribution in [1.82, 2.24) is 24.8 Å². The number of H-pyrrole nitrogens is 1. The molecule has 4 heterocycles. The molecule has 0 aliphatic carbocycles. The van der Waals surface area contributed by atoms with Crippen LogP contribution < -0.4 is 4.74 Å². The predicted octanol–water partition coefficient (Wildman–Crippen LogP) is 1.85. The van der Waals surface area contributed by atoms with Crippen LogP contribution in [0.4, 0.5) is 0 Å². The van der Waals surface area contributed by atoms with Crippen molar-refractivity contribution in [2.24, 2.45) is 0 Å². The Morgan fingerprint density at radius 3 is 2.77 bits per heavy atom. The molecule has 1 saturated heterocycles. The van der Waals surface area contributed by atoms with Crippen LogP contribution in [0, 0.1) is 0 Å². The smallest absolute Gasteiger partial charge is 0.239 e. The predicted molar refractivity (Wildman–Crippen MR) is 97.8 cm³/mol. The van der Waals surface area contributed by atoms with Crippen LogP contribution in [0.25, 0.3) is 11.4 Å². The lowest BCUT2D eigenvalue weighted by Gasteiger charge is -2.33. The minimum absolute atomic E-state index is 0.0874. The first-order valence-electron chi connectivity index (χ1n) is 9.26. The highest BCUT2D eigenvalue weighted by molar-refractivity contribution is 5.81. The van der Waals surface area contributed by atoms with Gasteiger partial charge in [-0.15, -0.1) is 0 Å². The number of hydrogen-bond acceptors (Lipinski definition) is 5. The molecule has 0 radical (unpaired) electrons. The zero-order valence-electron chi connectivity index (χ0n) is 15.4. The number of fused-ring (bicyclic) bond motifs is 1. The fourth-order valence-electron chi connectivity index (χ4n) is 3.78. The number of imidazole rings is 1. The number of aromatic nitrogens is 3. The van der Waals surface area contributed by atoms with E-state index in [1.165, 1.54) is 0 Å². The number of nitrogens with one attached hydrogen (secondary N) is 1. The summed E-state index contributed by atoms with van der Waals surface area (Å²) in [5.41, 5.74) is 3.13. The van der Waals surface area contributed by atoms with E-state index in [-0.39, 0.29) is 11.9 Å². The number of methoxy groups -OCH3 is 1. The third-order valence-electron chi connectivity index (χ3n) is 5.40. The summed E-state index contributed by atoms with van der Waals surface area (Å²) in [5.74, 6) is 1.67. The normalized spacial score (nSPS) is 18.6. The highest BCUT2D eigenvalue weighted by Crippen LogP contribution is 2.25. The average Bonchev–Trinajstić information content (AvgIpc) is 3.36. The van der Waals surface area contributed by atoms with Crippen molar-refractivity contribution in [3.8, 4) is 17.3 Å². The summed E-state index contributed by atoms with van der Waals surface area (Å²) in [6.07, 6.45) is 4.87. The number of likely N-dealkylation sites (tertiary alicyclic amines) is 1. The molecule has 2 aromatic rings. The van der Waals surface area contributed by atoms with E-state index in [0.29, 0.717) is 5.88 Å². The van der Waals surface area contributed by atoms with E-state index in [4.69, 9.17) is 9.72 Å². The topological polar surface area (TPSA) is 74.3 Å². The second-order valence-electron chi connectivity index (χ2n) is 7.03.